The van der Waals surface area contributed by atoms with E-state index in [0.717, 1.165) is 44.6 Å². The summed E-state index contributed by atoms with van der Waals surface area (Å²) in [6.45, 7) is 8.28. The summed E-state index contributed by atoms with van der Waals surface area (Å²) in [5.74, 6) is 0.215. The molecule has 1 saturated heterocycles. The van der Waals surface area contributed by atoms with Gasteiger partial charge >= 0.3 is 0 Å². The second kappa shape index (κ2) is 5.80. The number of nitrogens with one attached hydrogen (secondary N) is 1. The Balaban J connectivity index is 1.77. The lowest BCUT2D eigenvalue weighted by atomic mass is 9.82. The van der Waals surface area contributed by atoms with E-state index in [1.54, 1.807) is 0 Å². The van der Waals surface area contributed by atoms with Crippen LogP contribution >= 0.6 is 0 Å². The van der Waals surface area contributed by atoms with Crippen molar-refractivity contribution in [2.75, 3.05) is 19.6 Å². The van der Waals surface area contributed by atoms with Crippen LogP contribution in [0.2, 0.25) is 0 Å². The van der Waals surface area contributed by atoms with Gasteiger partial charge in [-0.3, -0.25) is 4.79 Å². The van der Waals surface area contributed by atoms with Gasteiger partial charge in [0, 0.05) is 25.2 Å². The van der Waals surface area contributed by atoms with Crippen LogP contribution in [0.5, 0.6) is 0 Å². The Morgan fingerprint density at radius 1 is 1.29 bits per heavy atom. The molecule has 1 amide bonds. The van der Waals surface area contributed by atoms with Crippen LogP contribution in [0.15, 0.2) is 18.2 Å². The van der Waals surface area contributed by atoms with E-state index in [2.05, 4.69) is 36.2 Å². The molecule has 1 fully saturated rings. The van der Waals surface area contributed by atoms with Gasteiger partial charge in [-0.2, -0.15) is 0 Å². The maximum atomic E-state index is 12.8. The molecular formula is C18H26N2O. The average Bonchev–Trinajstić information content (AvgIpc) is 2.99. The first kappa shape index (κ1) is 14.6. The van der Waals surface area contributed by atoms with Crippen LogP contribution in [0, 0.1) is 5.41 Å². The maximum Gasteiger partial charge on any atom is 0.253 e. The van der Waals surface area contributed by atoms with Crippen molar-refractivity contribution < 1.29 is 4.79 Å². The number of carbonyl (C=O) groups is 1. The fraction of sp³-hybridized carbons (Fsp3) is 0.611. The molecule has 2 aliphatic heterocycles. The third-order valence-electron chi connectivity index (χ3n) is 5.57. The number of benzene rings is 1. The number of hydrogen-bond donors (Lipinski definition) is 1. The molecule has 0 atom stereocenters. The van der Waals surface area contributed by atoms with Gasteiger partial charge in [-0.25, -0.2) is 0 Å². The number of nitrogens with zero attached hydrogens (tertiary/aromatic N) is 1. The molecule has 114 valence electrons. The Hall–Kier alpha value is -1.35. The topological polar surface area (TPSA) is 32.3 Å². The summed E-state index contributed by atoms with van der Waals surface area (Å²) in [7, 11) is 0. The van der Waals surface area contributed by atoms with Crippen molar-refractivity contribution in [3.8, 4) is 0 Å². The molecule has 0 aromatic heterocycles. The molecule has 0 spiro atoms. The molecule has 0 bridgehead atoms. The number of fused-ring (bicyclic) bond motifs is 1. The van der Waals surface area contributed by atoms with Crippen molar-refractivity contribution in [1.29, 1.82) is 0 Å². The van der Waals surface area contributed by atoms with Gasteiger partial charge in [0.25, 0.3) is 5.91 Å². The van der Waals surface area contributed by atoms with Crippen LogP contribution in [0.1, 0.15) is 54.6 Å². The van der Waals surface area contributed by atoms with E-state index >= 15 is 0 Å². The first-order chi connectivity index (χ1) is 10.2. The number of hydrogen-bond acceptors (Lipinski definition) is 2. The summed E-state index contributed by atoms with van der Waals surface area (Å²) < 4.78 is 0. The van der Waals surface area contributed by atoms with Gasteiger partial charge in [0.05, 0.1) is 0 Å². The Labute approximate surface area is 127 Å². The Kier molecular flexibility index (Phi) is 4.03. The van der Waals surface area contributed by atoms with Crippen molar-refractivity contribution in [2.45, 2.75) is 46.1 Å². The molecule has 1 aromatic rings. The molecule has 3 nitrogen and oxygen atoms in total. The van der Waals surface area contributed by atoms with Gasteiger partial charge < -0.3 is 10.2 Å². The average molecular weight is 286 g/mol. The van der Waals surface area contributed by atoms with Crippen LogP contribution in [0.4, 0.5) is 0 Å². The zero-order chi connectivity index (χ0) is 14.9. The summed E-state index contributed by atoms with van der Waals surface area (Å²) >= 11 is 0. The predicted octanol–water partition coefficient (Wildman–Crippen LogP) is 2.98. The van der Waals surface area contributed by atoms with Gasteiger partial charge in [0.2, 0.25) is 0 Å². The highest BCUT2D eigenvalue weighted by molar-refractivity contribution is 5.94. The standard InChI is InChI=1S/C18H26N2O/c1-3-18(4-2)8-10-20(13-18)17(21)15-6-5-14-7-9-19-12-16(14)11-15/h5-6,11,19H,3-4,7-10,12-13H2,1-2H3. The predicted molar refractivity (Wildman–Crippen MR) is 85.4 cm³/mol. The summed E-state index contributed by atoms with van der Waals surface area (Å²) in [4.78, 5) is 14.8. The summed E-state index contributed by atoms with van der Waals surface area (Å²) in [5.41, 5.74) is 3.90. The minimum atomic E-state index is 0.215. The van der Waals surface area contributed by atoms with Crippen molar-refractivity contribution in [2.24, 2.45) is 5.41 Å². The molecule has 0 unspecified atom stereocenters. The quantitative estimate of drug-likeness (QED) is 0.926. The zero-order valence-electron chi connectivity index (χ0n) is 13.2. The molecule has 3 heteroatoms. The van der Waals surface area contributed by atoms with E-state index in [-0.39, 0.29) is 5.91 Å². The molecule has 2 heterocycles. The number of likely N-dealkylation sites (tertiary alicyclic amines) is 1. The normalized spacial score (nSPS) is 20.4. The molecule has 1 aromatic carbocycles. The van der Waals surface area contributed by atoms with Crippen molar-refractivity contribution in [3.63, 3.8) is 0 Å². The first-order valence-corrected chi connectivity index (χ1v) is 8.29. The summed E-state index contributed by atoms with van der Waals surface area (Å²) in [6.07, 6.45) is 4.56. The number of rotatable bonds is 3. The van der Waals surface area contributed by atoms with Crippen LogP contribution in [0.25, 0.3) is 0 Å². The number of carbonyl (C=O) groups excluding carboxylic acids is 1. The van der Waals surface area contributed by atoms with Gasteiger partial charge in [-0.1, -0.05) is 19.9 Å². The van der Waals surface area contributed by atoms with Crippen molar-refractivity contribution in [1.82, 2.24) is 10.2 Å². The maximum absolute atomic E-state index is 12.8. The highest BCUT2D eigenvalue weighted by atomic mass is 16.2. The molecule has 0 aliphatic carbocycles. The minimum Gasteiger partial charge on any atom is -0.338 e. The lowest BCUT2D eigenvalue weighted by Gasteiger charge is -2.26. The molecule has 3 rings (SSSR count). The largest absolute Gasteiger partial charge is 0.338 e. The second-order valence-electron chi connectivity index (χ2n) is 6.59. The number of amides is 1. The molecule has 1 N–H and O–H groups in total. The molecule has 2 aliphatic rings. The van der Waals surface area contributed by atoms with Crippen LogP contribution in [-0.2, 0) is 13.0 Å². The monoisotopic (exact) mass is 286 g/mol. The molecular weight excluding hydrogens is 260 g/mol. The fourth-order valence-electron chi connectivity index (χ4n) is 3.73. The fourth-order valence-corrected chi connectivity index (χ4v) is 3.73. The summed E-state index contributed by atoms with van der Waals surface area (Å²) in [5, 5.41) is 3.38. The molecule has 21 heavy (non-hydrogen) atoms. The third-order valence-corrected chi connectivity index (χ3v) is 5.57. The SMILES string of the molecule is CCC1(CC)CCN(C(=O)c2ccc3c(c2)CNCC3)C1. The van der Waals surface area contributed by atoms with Crippen LogP contribution in [-0.4, -0.2) is 30.4 Å². The van der Waals surface area contributed by atoms with Gasteiger partial charge in [0.1, 0.15) is 0 Å². The smallest absolute Gasteiger partial charge is 0.253 e. The van der Waals surface area contributed by atoms with E-state index in [4.69, 9.17) is 0 Å². The Morgan fingerprint density at radius 2 is 2.10 bits per heavy atom. The highest BCUT2D eigenvalue weighted by Crippen LogP contribution is 2.37. The van der Waals surface area contributed by atoms with E-state index in [9.17, 15) is 4.79 Å². The first-order valence-electron chi connectivity index (χ1n) is 8.29. The van der Waals surface area contributed by atoms with E-state index in [0.29, 0.717) is 5.41 Å². The van der Waals surface area contributed by atoms with Gasteiger partial charge in [0.15, 0.2) is 0 Å². The van der Waals surface area contributed by atoms with Crippen LogP contribution < -0.4 is 5.32 Å². The molecule has 0 radical (unpaired) electrons. The van der Waals surface area contributed by atoms with Gasteiger partial charge in [-0.05, 0) is 60.9 Å². The van der Waals surface area contributed by atoms with Crippen molar-refractivity contribution >= 4 is 5.91 Å². The second-order valence-corrected chi connectivity index (χ2v) is 6.59. The Morgan fingerprint density at radius 3 is 2.81 bits per heavy atom. The Bertz CT molecular complexity index is 534. The lowest BCUT2D eigenvalue weighted by Crippen LogP contribution is -2.32. The highest BCUT2D eigenvalue weighted by Gasteiger charge is 2.37. The van der Waals surface area contributed by atoms with Gasteiger partial charge in [-0.15, -0.1) is 0 Å². The minimum absolute atomic E-state index is 0.215. The zero-order valence-corrected chi connectivity index (χ0v) is 13.2. The molecule has 0 saturated carbocycles. The van der Waals surface area contributed by atoms with Crippen molar-refractivity contribution in [3.05, 3.63) is 34.9 Å². The summed E-state index contributed by atoms with van der Waals surface area (Å²) in [6, 6.07) is 6.26. The van der Waals surface area contributed by atoms with Crippen LogP contribution in [0.3, 0.4) is 0 Å². The van der Waals surface area contributed by atoms with E-state index in [1.807, 2.05) is 6.07 Å². The van der Waals surface area contributed by atoms with E-state index in [1.165, 1.54) is 24.0 Å². The van der Waals surface area contributed by atoms with E-state index < -0.39 is 0 Å². The lowest BCUT2D eigenvalue weighted by molar-refractivity contribution is 0.0769. The third kappa shape index (κ3) is 2.71.